The highest BCUT2D eigenvalue weighted by Gasteiger charge is 2.36. The molecule has 4 aromatic heterocycles. The smallest absolute Gasteiger partial charge is 0.118 e. The van der Waals surface area contributed by atoms with Crippen LogP contribution in [-0.2, 0) is 0 Å². The SMILES string of the molecule is CCN1c2c(ccc3ccccc23)-c2c(ccc3ccccc23)-n2c1cc1ccc3ccccc3c12.CCN1c2c(ccc3ccccc23)-c2cc3ccccc3cc2-n2c1cc1c3ccccc3ccc12.CCN1c2cc3ccccc3cc2-c2c(ccc3ccccc23)-n2c1cc1ccc3ccccc3c12.CCN1c2cc3ccccc3cc2-c2cc3ccccc3cc2-n2c1cc1c3ccccc3ccc12. The number of anilines is 8. The third-order valence-electron chi connectivity index (χ3n) is 31.4. The van der Waals surface area contributed by atoms with Crippen LogP contribution in [0.15, 0.2) is 461 Å². The summed E-state index contributed by atoms with van der Waals surface area (Å²) < 4.78 is 9.99. The van der Waals surface area contributed by atoms with E-state index in [1.165, 1.54) is 286 Å². The Morgan fingerprint density at radius 2 is 0.396 bits per heavy atom. The lowest BCUT2D eigenvalue weighted by atomic mass is 9.92. The molecular weight excluding hydrogens is 1750 g/mol. The Labute approximate surface area is 833 Å². The first kappa shape index (κ1) is 82.8. The molecule has 0 saturated carbocycles. The third-order valence-corrected chi connectivity index (χ3v) is 31.4. The summed E-state index contributed by atoms with van der Waals surface area (Å²) in [7, 11) is 0. The summed E-state index contributed by atoms with van der Waals surface area (Å²) in [5, 5.41) is 35.8. The van der Waals surface area contributed by atoms with Crippen LogP contribution < -0.4 is 19.6 Å². The molecule has 0 amide bonds. The summed E-state index contributed by atoms with van der Waals surface area (Å²) in [6, 6.07) is 170. The maximum atomic E-state index is 2.52. The van der Waals surface area contributed by atoms with Gasteiger partial charge in [0, 0.05) is 114 Å². The molecule has 32 rings (SSSR count). The molecule has 24 aromatic carbocycles. The fourth-order valence-corrected chi connectivity index (χ4v) is 24.9. The molecule has 0 saturated heterocycles. The van der Waals surface area contributed by atoms with Crippen LogP contribution in [0.25, 0.3) is 240 Å². The van der Waals surface area contributed by atoms with Gasteiger partial charge in [0.05, 0.1) is 67.6 Å². The van der Waals surface area contributed by atoms with Crippen LogP contribution in [0.5, 0.6) is 0 Å². The Morgan fingerprint density at radius 3 is 0.806 bits per heavy atom. The second-order valence-electron chi connectivity index (χ2n) is 38.8. The molecular formula is C136H96N8. The maximum absolute atomic E-state index is 2.52. The van der Waals surface area contributed by atoms with Gasteiger partial charge in [-0.3, -0.25) is 18.3 Å². The van der Waals surface area contributed by atoms with Gasteiger partial charge in [0.25, 0.3) is 0 Å². The van der Waals surface area contributed by atoms with Crippen molar-refractivity contribution in [2.45, 2.75) is 27.7 Å². The Kier molecular flexibility index (Phi) is 18.8. The standard InChI is InChI=1S/4C34H24N2/c1-2-35-31-21-25-16-15-23-10-4-7-13-27(23)33(25)36(31)30-20-18-22-9-3-6-12-26(22)32(30)29-19-17-24-11-5-8-14-28(24)34(29)35;1-2-35-32-19-25-12-5-3-10-23(25)17-28(32)29-18-24-11-4-6-13-26(24)20-33(29)36-31-16-15-22-9-7-8-14-27(22)30(31)21-34(35)36;1-2-35-33-21-30-26-13-7-5-9-22(26)16-18-31(30)36(33)32-20-25-12-4-3-11-24(25)19-29(32)28-17-15-23-10-6-8-14-27(23)34(28)35;1-2-35-31-20-25-12-4-3-11-24(25)19-29(31)33-27-13-7-5-9-22(27)17-18-30(33)36-32(35)21-26-16-15-23-10-6-8-14-28(23)34(26)36/h4*3-21H,2H2,1H3. The summed E-state index contributed by atoms with van der Waals surface area (Å²) in [6.07, 6.45) is 0. The zero-order valence-corrected chi connectivity index (χ0v) is 80.3. The molecule has 0 N–H and O–H groups in total. The molecule has 4 aliphatic rings. The topological polar surface area (TPSA) is 32.7 Å². The first-order valence-electron chi connectivity index (χ1n) is 50.7. The molecule has 4 aliphatic heterocycles. The first-order chi connectivity index (χ1) is 71.3. The van der Waals surface area contributed by atoms with Crippen molar-refractivity contribution in [3.05, 3.63) is 461 Å². The average Bonchev–Trinajstić information content (AvgIpc) is 1.57. The average molecular weight is 1840 g/mol. The summed E-state index contributed by atoms with van der Waals surface area (Å²) in [5.74, 6) is 4.87. The highest BCUT2D eigenvalue weighted by molar-refractivity contribution is 6.21. The molecule has 0 atom stereocenters. The minimum Gasteiger partial charge on any atom is -0.327 e. The molecule has 144 heavy (non-hydrogen) atoms. The van der Waals surface area contributed by atoms with Crippen LogP contribution in [0.1, 0.15) is 27.7 Å². The summed E-state index contributed by atoms with van der Waals surface area (Å²) in [5.41, 5.74) is 25.4. The number of benzene rings is 24. The van der Waals surface area contributed by atoms with Crippen molar-refractivity contribution in [3.8, 4) is 67.3 Å². The van der Waals surface area contributed by atoms with Gasteiger partial charge < -0.3 is 19.6 Å². The zero-order chi connectivity index (χ0) is 95.2. The second-order valence-corrected chi connectivity index (χ2v) is 38.8. The quantitative estimate of drug-likeness (QED) is 0.176. The minimum absolute atomic E-state index is 0.876. The summed E-state index contributed by atoms with van der Waals surface area (Å²) in [6.45, 7) is 12.6. The lowest BCUT2D eigenvalue weighted by molar-refractivity contribution is 0.970. The lowest BCUT2D eigenvalue weighted by Gasteiger charge is -2.25. The fourth-order valence-electron chi connectivity index (χ4n) is 24.9. The number of rotatable bonds is 4. The van der Waals surface area contributed by atoms with Gasteiger partial charge in [-0.1, -0.05) is 364 Å². The Morgan fingerprint density at radius 1 is 0.146 bits per heavy atom. The third kappa shape index (κ3) is 12.5. The van der Waals surface area contributed by atoms with Crippen LogP contribution >= 0.6 is 0 Å². The second kappa shape index (κ2) is 32.7. The van der Waals surface area contributed by atoms with Crippen LogP contribution in [0.3, 0.4) is 0 Å². The molecule has 0 fully saturated rings. The molecule has 0 bridgehead atoms. The van der Waals surface area contributed by atoms with Crippen molar-refractivity contribution in [3.63, 3.8) is 0 Å². The van der Waals surface area contributed by atoms with E-state index in [1.54, 1.807) is 0 Å². The van der Waals surface area contributed by atoms with E-state index in [0.717, 1.165) is 26.2 Å². The molecule has 8 heteroatoms. The van der Waals surface area contributed by atoms with E-state index in [0.29, 0.717) is 0 Å². The van der Waals surface area contributed by atoms with Gasteiger partial charge >= 0.3 is 0 Å². The molecule has 0 unspecified atom stereocenters. The van der Waals surface area contributed by atoms with Crippen molar-refractivity contribution in [2.24, 2.45) is 0 Å². The van der Waals surface area contributed by atoms with Gasteiger partial charge in [-0.25, -0.2) is 0 Å². The van der Waals surface area contributed by atoms with E-state index in [4.69, 9.17) is 0 Å². The molecule has 0 spiro atoms. The Bertz CT molecular complexity index is 10100. The monoisotopic (exact) mass is 1840 g/mol. The van der Waals surface area contributed by atoms with Gasteiger partial charge in [0.2, 0.25) is 0 Å². The van der Waals surface area contributed by atoms with E-state index >= 15 is 0 Å². The molecule has 8 heterocycles. The lowest BCUT2D eigenvalue weighted by Crippen LogP contribution is -2.18. The molecule has 28 aromatic rings. The van der Waals surface area contributed by atoms with Gasteiger partial charge in [-0.05, 0) is 232 Å². The predicted molar refractivity (Wildman–Crippen MR) is 616 cm³/mol. The summed E-state index contributed by atoms with van der Waals surface area (Å²) in [4.78, 5) is 10.0. The molecule has 0 aliphatic carbocycles. The molecule has 680 valence electrons. The molecule has 0 radical (unpaired) electrons. The normalized spacial score (nSPS) is 12.6. The maximum Gasteiger partial charge on any atom is 0.118 e. The Hall–Kier alpha value is -18.2. The number of nitrogens with zero attached hydrogens (tertiary/aromatic N) is 8. The summed E-state index contributed by atoms with van der Waals surface area (Å²) >= 11 is 0. The largest absolute Gasteiger partial charge is 0.327 e. The van der Waals surface area contributed by atoms with Crippen LogP contribution in [-0.4, -0.2) is 44.4 Å². The highest BCUT2D eigenvalue weighted by atomic mass is 15.3. The minimum atomic E-state index is 0.876. The van der Waals surface area contributed by atoms with Crippen molar-refractivity contribution >= 4 is 219 Å². The Balaban J connectivity index is 0.0000000913. The number of fused-ring (bicyclic) bond motifs is 48. The van der Waals surface area contributed by atoms with Gasteiger partial charge in [-0.15, -0.1) is 0 Å². The van der Waals surface area contributed by atoms with Gasteiger partial charge in [0.1, 0.15) is 23.3 Å². The predicted octanol–water partition coefficient (Wildman–Crippen LogP) is 36.9. The van der Waals surface area contributed by atoms with E-state index in [-0.39, 0.29) is 0 Å². The van der Waals surface area contributed by atoms with E-state index in [2.05, 4.69) is 527 Å². The highest BCUT2D eigenvalue weighted by Crippen LogP contribution is 2.57. The van der Waals surface area contributed by atoms with Crippen molar-refractivity contribution < 1.29 is 0 Å². The zero-order valence-electron chi connectivity index (χ0n) is 80.3. The van der Waals surface area contributed by atoms with E-state index in [1.807, 2.05) is 0 Å². The van der Waals surface area contributed by atoms with Crippen molar-refractivity contribution in [1.29, 1.82) is 0 Å². The first-order valence-corrected chi connectivity index (χ1v) is 50.7. The van der Waals surface area contributed by atoms with Crippen LogP contribution in [0.4, 0.5) is 46.0 Å². The van der Waals surface area contributed by atoms with Crippen molar-refractivity contribution in [2.75, 3.05) is 45.8 Å². The number of aromatic nitrogens is 4. The van der Waals surface area contributed by atoms with Crippen LogP contribution in [0.2, 0.25) is 0 Å². The number of hydrogen-bond acceptors (Lipinski definition) is 4. The van der Waals surface area contributed by atoms with Crippen LogP contribution in [0, 0.1) is 0 Å². The molecule has 8 nitrogen and oxygen atoms in total. The van der Waals surface area contributed by atoms with Crippen molar-refractivity contribution in [1.82, 2.24) is 18.3 Å². The number of hydrogen-bond donors (Lipinski definition) is 0. The van der Waals surface area contributed by atoms with Gasteiger partial charge in [-0.2, -0.15) is 0 Å². The van der Waals surface area contributed by atoms with E-state index < -0.39 is 0 Å². The van der Waals surface area contributed by atoms with E-state index in [9.17, 15) is 0 Å². The van der Waals surface area contributed by atoms with Gasteiger partial charge in [0.15, 0.2) is 0 Å². The fraction of sp³-hybridized carbons (Fsp3) is 0.0588.